The summed E-state index contributed by atoms with van der Waals surface area (Å²) in [6.45, 7) is 0. The molecule has 0 saturated carbocycles. The van der Waals surface area contributed by atoms with Crippen LogP contribution in [0.15, 0.2) is 60.7 Å². The van der Waals surface area contributed by atoms with Crippen molar-refractivity contribution in [3.8, 4) is 12.1 Å². The molecule has 0 atom stereocenters. The molecule has 2 aromatic rings. The third kappa shape index (κ3) is 7.61. The van der Waals surface area contributed by atoms with Gasteiger partial charge in [-0.2, -0.15) is 10.5 Å². The van der Waals surface area contributed by atoms with E-state index in [9.17, 15) is 0 Å². The molecule has 0 aliphatic rings. The number of rotatable bonds is 0. The van der Waals surface area contributed by atoms with Gasteiger partial charge in [0, 0.05) is 0 Å². The van der Waals surface area contributed by atoms with Crippen LogP contribution in [0.2, 0.25) is 0 Å². The number of benzene rings is 2. The van der Waals surface area contributed by atoms with Crippen LogP contribution in [0, 0.1) is 22.7 Å². The molecule has 0 saturated heterocycles. The number of nitrogens with zero attached hydrogens (tertiary/aromatic N) is 2. The fourth-order valence-electron chi connectivity index (χ4n) is 1.03. The van der Waals surface area contributed by atoms with Crippen LogP contribution in [-0.4, -0.2) is 0 Å². The summed E-state index contributed by atoms with van der Waals surface area (Å²) in [5.74, 6) is 0. The van der Waals surface area contributed by atoms with Gasteiger partial charge in [0.15, 0.2) is 0 Å². The van der Waals surface area contributed by atoms with Crippen molar-refractivity contribution >= 4 is 9.53 Å². The van der Waals surface area contributed by atoms with E-state index < -0.39 is 0 Å². The monoisotopic (exact) mass is 347 g/mol. The molecule has 2 nitrogen and oxygen atoms in total. The van der Waals surface area contributed by atoms with Crippen molar-refractivity contribution < 1.29 is 18.2 Å². The first-order chi connectivity index (χ1) is 8.86. The Kier molecular flexibility index (Phi) is 10.8. The molecule has 0 radical (unpaired) electrons. The Morgan fingerprint density at radius 2 is 0.944 bits per heavy atom. The van der Waals surface area contributed by atoms with E-state index in [-0.39, 0.29) is 0 Å². The fraction of sp³-hybridized carbons (Fsp3) is 0. The van der Waals surface area contributed by atoms with Gasteiger partial charge < -0.3 is 0 Å². The van der Waals surface area contributed by atoms with Crippen molar-refractivity contribution in [1.82, 2.24) is 0 Å². The number of hydrogen-bond donors (Lipinski definition) is 0. The Bertz CT molecular complexity index is 451. The van der Waals surface area contributed by atoms with E-state index in [0.717, 1.165) is 0 Å². The molecule has 0 aliphatic heterocycles. The first-order valence-corrected chi connectivity index (χ1v) is 6.89. The molecule has 18 heavy (non-hydrogen) atoms. The zero-order valence-electron chi connectivity index (χ0n) is 9.36. The van der Waals surface area contributed by atoms with E-state index in [1.807, 2.05) is 48.5 Å². The maximum absolute atomic E-state index is 8.29. The number of nitriles is 2. The van der Waals surface area contributed by atoms with Gasteiger partial charge in [-0.25, -0.2) is 0 Å². The second-order valence-corrected chi connectivity index (χ2v) is 2.96. The van der Waals surface area contributed by atoms with E-state index in [1.165, 1.54) is 0 Å². The Hall–Kier alpha value is -1.63. The van der Waals surface area contributed by atoms with Crippen LogP contribution in [0.5, 0.6) is 0 Å². The average molecular weight is 348 g/mol. The summed E-state index contributed by atoms with van der Waals surface area (Å²) in [6.07, 6.45) is 0. The quantitative estimate of drug-likeness (QED) is 0.680. The van der Waals surface area contributed by atoms with Gasteiger partial charge in [0.2, 0.25) is 0 Å². The van der Waals surface area contributed by atoms with Crippen molar-refractivity contribution in [1.29, 1.82) is 10.5 Å². The van der Waals surface area contributed by atoms with Gasteiger partial charge in [-0.15, -0.1) is 0 Å². The summed E-state index contributed by atoms with van der Waals surface area (Å²) in [5.41, 5.74) is 1.43. The summed E-state index contributed by atoms with van der Waals surface area (Å²) < 4.78 is 0. The van der Waals surface area contributed by atoms with E-state index >= 15 is 0 Å². The molecule has 0 aromatic heterocycles. The Labute approximate surface area is 122 Å². The minimum atomic E-state index is 0.715. The van der Waals surface area contributed by atoms with Crippen molar-refractivity contribution in [3.05, 3.63) is 71.8 Å². The van der Waals surface area contributed by atoms with Crippen LogP contribution >= 0.6 is 9.53 Å². The molecule has 0 spiro atoms. The molecule has 0 unspecified atom stereocenters. The molecular weight excluding hydrogens is 338 g/mol. The Morgan fingerprint density at radius 1 is 0.667 bits per heavy atom. The summed E-state index contributed by atoms with van der Waals surface area (Å²) in [4.78, 5) is 0. The average Bonchev–Trinajstić information content (AvgIpc) is 2.51. The van der Waals surface area contributed by atoms with E-state index in [1.54, 1.807) is 24.3 Å². The predicted octanol–water partition coefficient (Wildman–Crippen LogP) is 3.80. The molecule has 0 amide bonds. The molecule has 0 N–H and O–H groups in total. The molecule has 2 rings (SSSR count). The van der Waals surface area contributed by atoms with Crippen molar-refractivity contribution in [3.63, 3.8) is 0 Å². The second-order valence-electron chi connectivity index (χ2n) is 2.96. The predicted molar refractivity (Wildman–Crippen MR) is 68.2 cm³/mol. The molecule has 4 heteroatoms. The molecule has 0 aliphatic carbocycles. The minimum absolute atomic E-state index is 0.715. The Morgan fingerprint density at radius 3 is 1.11 bits per heavy atom. The van der Waals surface area contributed by atoms with Crippen LogP contribution in [-0.2, 0) is 18.2 Å². The maximum atomic E-state index is 8.29. The van der Waals surface area contributed by atoms with Gasteiger partial charge in [-0.3, -0.25) is 0 Å². The van der Waals surface area contributed by atoms with Gasteiger partial charge in [-0.1, -0.05) is 36.4 Å². The van der Waals surface area contributed by atoms with Gasteiger partial charge in [0.1, 0.15) is 0 Å². The van der Waals surface area contributed by atoms with Crippen LogP contribution in [0.3, 0.4) is 0 Å². The first kappa shape index (κ1) is 16.4. The van der Waals surface area contributed by atoms with Crippen LogP contribution in [0.4, 0.5) is 0 Å². The topological polar surface area (TPSA) is 47.6 Å². The second kappa shape index (κ2) is 11.8. The summed E-state index contributed by atoms with van der Waals surface area (Å²) >= 11 is 2.22. The normalized spacial score (nSPS) is 7.39. The third-order valence-corrected chi connectivity index (χ3v) is 1.81. The van der Waals surface area contributed by atoms with Gasteiger partial charge in [0.25, 0.3) is 0 Å². The number of hydrogen-bond acceptors (Lipinski definition) is 2. The van der Waals surface area contributed by atoms with Gasteiger partial charge >= 0.3 is 27.7 Å². The van der Waals surface area contributed by atoms with Crippen LogP contribution in [0.25, 0.3) is 0 Å². The first-order valence-electron chi connectivity index (χ1n) is 4.89. The molecule has 2 aromatic carbocycles. The molecular formula is C14H10ClN2Pd. The van der Waals surface area contributed by atoms with Gasteiger partial charge in [-0.05, 0) is 24.3 Å². The van der Waals surface area contributed by atoms with Crippen molar-refractivity contribution in [2.75, 3.05) is 0 Å². The molecule has 0 fully saturated rings. The van der Waals surface area contributed by atoms with Crippen molar-refractivity contribution in [2.24, 2.45) is 0 Å². The molecule has 0 bridgehead atoms. The summed E-state index contributed by atoms with van der Waals surface area (Å²) in [6, 6.07) is 22.3. The molecule has 0 heterocycles. The SMILES string of the molecule is N#Cc1ccccc1.N#Cc1ccccc1.[Cl][Pd]. The van der Waals surface area contributed by atoms with Gasteiger partial charge in [0.05, 0.1) is 23.3 Å². The van der Waals surface area contributed by atoms with Crippen LogP contribution < -0.4 is 0 Å². The fourth-order valence-corrected chi connectivity index (χ4v) is 1.03. The standard InChI is InChI=1S/2C7H5N.ClH.Pd/c2*8-6-7-4-2-1-3-5-7;;/h2*1-5H;1H;/q;;;+1/p-1. The number of halogens is 1. The summed E-state index contributed by atoms with van der Waals surface area (Å²) in [7, 11) is 4.49. The zero-order chi connectivity index (χ0) is 13.6. The van der Waals surface area contributed by atoms with E-state index in [0.29, 0.717) is 11.1 Å². The molecule has 93 valence electrons. The third-order valence-electron chi connectivity index (χ3n) is 1.81. The summed E-state index contributed by atoms with van der Waals surface area (Å²) in [5, 5.41) is 16.6. The zero-order valence-corrected chi connectivity index (χ0v) is 11.7. The van der Waals surface area contributed by atoms with E-state index in [2.05, 4.69) is 27.7 Å². The van der Waals surface area contributed by atoms with Crippen molar-refractivity contribution in [2.45, 2.75) is 0 Å². The van der Waals surface area contributed by atoms with E-state index in [4.69, 9.17) is 10.5 Å². The van der Waals surface area contributed by atoms with Crippen LogP contribution in [0.1, 0.15) is 11.1 Å². The Balaban J connectivity index is 0.000000283.